The Bertz CT molecular complexity index is 471. The fourth-order valence-corrected chi connectivity index (χ4v) is 1.59. The monoisotopic (exact) mass is 188 g/mol. The fraction of sp³-hybridized carbons (Fsp3) is 0.273. The van der Waals surface area contributed by atoms with Crippen LogP contribution >= 0.6 is 0 Å². The minimum absolute atomic E-state index is 0.540. The molecule has 1 unspecified atom stereocenters. The highest BCUT2D eigenvalue weighted by Crippen LogP contribution is 2.24. The number of fused-ring (bicyclic) bond motifs is 1. The first-order valence-electron chi connectivity index (χ1n) is 4.77. The van der Waals surface area contributed by atoms with Crippen molar-refractivity contribution >= 4 is 24.3 Å². The predicted molar refractivity (Wildman–Crippen MR) is 59.8 cm³/mol. The summed E-state index contributed by atoms with van der Waals surface area (Å²) in [5.41, 5.74) is 3.32. The standard InChI is InChI=1S/C11H13BO2/c1-6-8-5-11(7(2)13)14-10(8)4-3-9(6)12/h3-5,7,13H,12H2,1-2H3. The Hall–Kier alpha value is -1.22. The number of benzene rings is 1. The van der Waals surface area contributed by atoms with E-state index in [2.05, 4.69) is 14.8 Å². The molecule has 1 heterocycles. The highest BCUT2D eigenvalue weighted by Gasteiger charge is 2.10. The zero-order chi connectivity index (χ0) is 10.3. The first-order chi connectivity index (χ1) is 6.59. The van der Waals surface area contributed by atoms with Gasteiger partial charge in [0, 0.05) is 5.39 Å². The second kappa shape index (κ2) is 3.17. The van der Waals surface area contributed by atoms with Gasteiger partial charge in [-0.2, -0.15) is 0 Å². The Labute approximate surface area is 83.9 Å². The van der Waals surface area contributed by atoms with Gasteiger partial charge in [-0.3, -0.25) is 0 Å². The first-order valence-corrected chi connectivity index (χ1v) is 4.77. The maximum Gasteiger partial charge on any atom is 0.139 e. The van der Waals surface area contributed by atoms with E-state index in [0.717, 1.165) is 11.0 Å². The number of hydrogen-bond donors (Lipinski definition) is 1. The lowest BCUT2D eigenvalue weighted by molar-refractivity contribution is 0.172. The number of aliphatic hydroxyl groups excluding tert-OH is 1. The van der Waals surface area contributed by atoms with Crippen molar-refractivity contribution in [3.05, 3.63) is 29.5 Å². The van der Waals surface area contributed by atoms with E-state index < -0.39 is 6.10 Å². The summed E-state index contributed by atoms with van der Waals surface area (Å²) < 4.78 is 5.52. The van der Waals surface area contributed by atoms with Gasteiger partial charge in [-0.1, -0.05) is 11.5 Å². The molecule has 0 saturated heterocycles. The molecule has 1 atom stereocenters. The second-order valence-electron chi connectivity index (χ2n) is 3.74. The molecule has 0 spiro atoms. The number of aryl methyl sites for hydroxylation is 1. The summed E-state index contributed by atoms with van der Waals surface area (Å²) >= 11 is 0. The predicted octanol–water partition coefficient (Wildman–Crippen LogP) is 1.05. The summed E-state index contributed by atoms with van der Waals surface area (Å²) in [5, 5.41) is 10.5. The van der Waals surface area contributed by atoms with E-state index in [-0.39, 0.29) is 0 Å². The average Bonchev–Trinajstić information content (AvgIpc) is 2.56. The Morgan fingerprint density at radius 3 is 2.79 bits per heavy atom. The van der Waals surface area contributed by atoms with Gasteiger partial charge in [0.1, 0.15) is 25.3 Å². The SMILES string of the molecule is Bc1ccc2oc(C(C)O)cc2c1C. The molecule has 1 aromatic heterocycles. The molecule has 0 radical (unpaired) electrons. The van der Waals surface area contributed by atoms with Gasteiger partial charge in [-0.05, 0) is 31.5 Å². The van der Waals surface area contributed by atoms with Crippen LogP contribution in [0.15, 0.2) is 22.6 Å². The summed E-state index contributed by atoms with van der Waals surface area (Å²) in [6, 6.07) is 5.90. The van der Waals surface area contributed by atoms with Crippen molar-refractivity contribution in [3.8, 4) is 0 Å². The molecule has 14 heavy (non-hydrogen) atoms. The molecular weight excluding hydrogens is 175 g/mol. The van der Waals surface area contributed by atoms with Crippen LogP contribution in [-0.4, -0.2) is 13.0 Å². The van der Waals surface area contributed by atoms with Crippen molar-refractivity contribution in [2.75, 3.05) is 0 Å². The van der Waals surface area contributed by atoms with Crippen LogP contribution in [0.25, 0.3) is 11.0 Å². The summed E-state index contributed by atoms with van der Waals surface area (Å²) in [6.45, 7) is 3.78. The molecule has 72 valence electrons. The maximum absolute atomic E-state index is 9.39. The molecule has 1 N–H and O–H groups in total. The fourth-order valence-electron chi connectivity index (χ4n) is 1.59. The molecule has 0 bridgehead atoms. The van der Waals surface area contributed by atoms with Gasteiger partial charge in [-0.25, -0.2) is 0 Å². The van der Waals surface area contributed by atoms with Gasteiger partial charge in [0.25, 0.3) is 0 Å². The van der Waals surface area contributed by atoms with E-state index in [1.54, 1.807) is 6.92 Å². The average molecular weight is 188 g/mol. The highest BCUT2D eigenvalue weighted by molar-refractivity contribution is 6.34. The second-order valence-corrected chi connectivity index (χ2v) is 3.74. The van der Waals surface area contributed by atoms with Crippen LogP contribution in [0.4, 0.5) is 0 Å². The minimum atomic E-state index is -0.540. The van der Waals surface area contributed by atoms with Crippen LogP contribution in [0, 0.1) is 6.92 Å². The molecule has 2 aromatic rings. The van der Waals surface area contributed by atoms with Crippen LogP contribution in [-0.2, 0) is 0 Å². The van der Waals surface area contributed by atoms with Gasteiger partial charge < -0.3 is 9.52 Å². The molecular formula is C11H13BO2. The molecule has 0 aliphatic carbocycles. The van der Waals surface area contributed by atoms with Gasteiger partial charge in [0.15, 0.2) is 0 Å². The quantitative estimate of drug-likeness (QED) is 0.678. The molecule has 0 saturated carbocycles. The Balaban J connectivity index is 2.71. The lowest BCUT2D eigenvalue weighted by Crippen LogP contribution is -2.05. The van der Waals surface area contributed by atoms with Gasteiger partial charge in [-0.15, -0.1) is 0 Å². The minimum Gasteiger partial charge on any atom is -0.458 e. The molecule has 0 aliphatic rings. The zero-order valence-corrected chi connectivity index (χ0v) is 8.66. The number of aliphatic hydroxyl groups is 1. The van der Waals surface area contributed by atoms with Crippen LogP contribution in [0.2, 0.25) is 0 Å². The lowest BCUT2D eigenvalue weighted by atomic mass is 9.89. The van der Waals surface area contributed by atoms with E-state index in [4.69, 9.17) is 4.42 Å². The number of furan rings is 1. The molecule has 3 heteroatoms. The van der Waals surface area contributed by atoms with Crippen LogP contribution in [0.1, 0.15) is 24.4 Å². The van der Waals surface area contributed by atoms with Gasteiger partial charge >= 0.3 is 0 Å². The van der Waals surface area contributed by atoms with Crippen molar-refractivity contribution in [1.82, 2.24) is 0 Å². The van der Waals surface area contributed by atoms with Crippen LogP contribution in [0.5, 0.6) is 0 Å². The van der Waals surface area contributed by atoms with Crippen LogP contribution < -0.4 is 5.46 Å². The van der Waals surface area contributed by atoms with E-state index in [9.17, 15) is 5.11 Å². The van der Waals surface area contributed by atoms with Crippen molar-refractivity contribution in [1.29, 1.82) is 0 Å². The van der Waals surface area contributed by atoms with Gasteiger partial charge in [0.2, 0.25) is 0 Å². The van der Waals surface area contributed by atoms with Crippen molar-refractivity contribution in [2.24, 2.45) is 0 Å². The number of rotatable bonds is 1. The van der Waals surface area contributed by atoms with Crippen LogP contribution in [0.3, 0.4) is 0 Å². The molecule has 2 rings (SSSR count). The summed E-state index contributed by atoms with van der Waals surface area (Å²) in [7, 11) is 2.07. The van der Waals surface area contributed by atoms with E-state index >= 15 is 0 Å². The smallest absolute Gasteiger partial charge is 0.139 e. The van der Waals surface area contributed by atoms with E-state index in [1.165, 1.54) is 11.0 Å². The lowest BCUT2D eigenvalue weighted by Gasteiger charge is -1.98. The third-order valence-electron chi connectivity index (χ3n) is 2.67. The molecule has 0 aliphatic heterocycles. The van der Waals surface area contributed by atoms with E-state index in [0.29, 0.717) is 5.76 Å². The van der Waals surface area contributed by atoms with E-state index in [1.807, 2.05) is 18.2 Å². The van der Waals surface area contributed by atoms with Crippen molar-refractivity contribution in [3.63, 3.8) is 0 Å². The summed E-state index contributed by atoms with van der Waals surface area (Å²) in [4.78, 5) is 0. The van der Waals surface area contributed by atoms with Crippen molar-refractivity contribution in [2.45, 2.75) is 20.0 Å². The summed E-state index contributed by atoms with van der Waals surface area (Å²) in [5.74, 6) is 0.633. The third-order valence-corrected chi connectivity index (χ3v) is 2.67. The highest BCUT2D eigenvalue weighted by atomic mass is 16.4. The Kier molecular flexibility index (Phi) is 2.12. The topological polar surface area (TPSA) is 33.4 Å². The maximum atomic E-state index is 9.39. The molecule has 2 nitrogen and oxygen atoms in total. The first kappa shape index (κ1) is 9.34. The molecule has 0 amide bonds. The van der Waals surface area contributed by atoms with Crippen molar-refractivity contribution < 1.29 is 9.52 Å². The summed E-state index contributed by atoms with van der Waals surface area (Å²) in [6.07, 6.45) is -0.540. The third kappa shape index (κ3) is 1.34. The Morgan fingerprint density at radius 1 is 1.43 bits per heavy atom. The van der Waals surface area contributed by atoms with Gasteiger partial charge in [0.05, 0.1) is 0 Å². The number of hydrogen-bond acceptors (Lipinski definition) is 2. The normalized spacial score (nSPS) is 13.4. The Morgan fingerprint density at radius 2 is 2.14 bits per heavy atom. The molecule has 1 aromatic carbocycles. The largest absolute Gasteiger partial charge is 0.458 e. The molecule has 0 fully saturated rings. The zero-order valence-electron chi connectivity index (χ0n) is 8.66.